The summed E-state index contributed by atoms with van der Waals surface area (Å²) in [4.78, 5) is 26.1. The van der Waals surface area contributed by atoms with E-state index in [-0.39, 0.29) is 28.2 Å². The highest BCUT2D eigenvalue weighted by molar-refractivity contribution is 8.26. The first kappa shape index (κ1) is 19.0. The molecule has 0 bridgehead atoms. The molecule has 1 atom stereocenters. The molecule has 2 heterocycles. The highest BCUT2D eigenvalue weighted by Crippen LogP contribution is 2.32. The van der Waals surface area contributed by atoms with Crippen LogP contribution < -0.4 is 5.32 Å². The number of carbonyl (C=O) groups is 2. The van der Waals surface area contributed by atoms with Gasteiger partial charge in [0.25, 0.3) is 5.91 Å². The van der Waals surface area contributed by atoms with Crippen LogP contribution in [0.1, 0.15) is 12.0 Å². The van der Waals surface area contributed by atoms with Crippen LogP contribution in [0.2, 0.25) is 0 Å². The first-order chi connectivity index (χ1) is 12.2. The molecule has 2 fully saturated rings. The molecule has 2 aliphatic heterocycles. The Labute approximate surface area is 159 Å². The van der Waals surface area contributed by atoms with E-state index < -0.39 is 27.7 Å². The first-order valence-corrected chi connectivity index (χ1v) is 10.8. The Hall–Kier alpha value is -1.78. The molecule has 3 rings (SSSR count). The van der Waals surface area contributed by atoms with Crippen LogP contribution in [0.5, 0.6) is 0 Å². The van der Waals surface area contributed by atoms with Gasteiger partial charge in [-0.3, -0.25) is 14.5 Å². The van der Waals surface area contributed by atoms with E-state index in [1.807, 2.05) is 0 Å². The standard InChI is InChI=1S/C16H15FN2O4S3/c17-11-3-1-10(2-4-11)7-13-15(21)19(16(24)25-13)8-14(20)18-12-5-6-26(22,23)9-12/h1-4,7,12H,5-6,8-9H2,(H,18,20)/b13-7-/t12-/m1/s1. The van der Waals surface area contributed by atoms with E-state index in [1.54, 1.807) is 6.08 Å². The van der Waals surface area contributed by atoms with Gasteiger partial charge in [-0.25, -0.2) is 12.8 Å². The van der Waals surface area contributed by atoms with E-state index in [4.69, 9.17) is 12.2 Å². The van der Waals surface area contributed by atoms with Gasteiger partial charge in [0.05, 0.1) is 16.4 Å². The van der Waals surface area contributed by atoms with Crippen LogP contribution in [-0.2, 0) is 19.4 Å². The van der Waals surface area contributed by atoms with Gasteiger partial charge in [-0.15, -0.1) is 0 Å². The summed E-state index contributed by atoms with van der Waals surface area (Å²) in [5, 5.41) is 2.63. The summed E-state index contributed by atoms with van der Waals surface area (Å²) in [6.45, 7) is -0.262. The van der Waals surface area contributed by atoms with Gasteiger partial charge < -0.3 is 5.32 Å². The normalized spacial score (nSPS) is 23.7. The van der Waals surface area contributed by atoms with Crippen molar-refractivity contribution in [2.24, 2.45) is 0 Å². The maximum absolute atomic E-state index is 13.0. The average molecular weight is 415 g/mol. The number of amides is 2. The van der Waals surface area contributed by atoms with Crippen molar-refractivity contribution in [3.63, 3.8) is 0 Å². The monoisotopic (exact) mass is 414 g/mol. The van der Waals surface area contributed by atoms with Crippen molar-refractivity contribution in [3.8, 4) is 0 Å². The third-order valence-corrected chi connectivity index (χ3v) is 7.09. The first-order valence-electron chi connectivity index (χ1n) is 7.74. The summed E-state index contributed by atoms with van der Waals surface area (Å²) in [6.07, 6.45) is 1.96. The molecule has 0 aromatic heterocycles. The summed E-state index contributed by atoms with van der Waals surface area (Å²) in [6, 6.07) is 5.22. The zero-order chi connectivity index (χ0) is 18.9. The summed E-state index contributed by atoms with van der Waals surface area (Å²) >= 11 is 6.23. The van der Waals surface area contributed by atoms with Gasteiger partial charge in [0, 0.05) is 6.04 Å². The fourth-order valence-corrected chi connectivity index (χ4v) is 5.60. The van der Waals surface area contributed by atoms with Gasteiger partial charge in [0.15, 0.2) is 9.84 Å². The number of carbonyl (C=O) groups excluding carboxylic acids is 2. The molecular formula is C16H15FN2O4S3. The maximum Gasteiger partial charge on any atom is 0.266 e. The Balaban J connectivity index is 1.63. The van der Waals surface area contributed by atoms with E-state index in [2.05, 4.69) is 5.32 Å². The second-order valence-corrected chi connectivity index (χ2v) is 9.89. The molecule has 26 heavy (non-hydrogen) atoms. The van der Waals surface area contributed by atoms with Crippen LogP contribution in [0.4, 0.5) is 4.39 Å². The minimum Gasteiger partial charge on any atom is -0.351 e. The zero-order valence-corrected chi connectivity index (χ0v) is 15.9. The fourth-order valence-electron chi connectivity index (χ4n) is 2.67. The molecule has 1 N–H and O–H groups in total. The number of rotatable bonds is 4. The molecule has 2 aliphatic rings. The van der Waals surface area contributed by atoms with Gasteiger partial charge >= 0.3 is 0 Å². The van der Waals surface area contributed by atoms with Gasteiger partial charge in [-0.1, -0.05) is 36.1 Å². The Bertz CT molecular complexity index is 897. The molecule has 1 aromatic carbocycles. The van der Waals surface area contributed by atoms with Crippen LogP contribution in [0, 0.1) is 5.82 Å². The summed E-state index contributed by atoms with van der Waals surface area (Å²) in [5.41, 5.74) is 0.646. The highest BCUT2D eigenvalue weighted by Gasteiger charge is 2.35. The van der Waals surface area contributed by atoms with Crippen LogP contribution in [-0.4, -0.2) is 53.5 Å². The summed E-state index contributed by atoms with van der Waals surface area (Å²) in [7, 11) is -3.10. The largest absolute Gasteiger partial charge is 0.351 e. The lowest BCUT2D eigenvalue weighted by atomic mass is 10.2. The Morgan fingerprint density at radius 2 is 2.08 bits per heavy atom. The number of hydrogen-bond acceptors (Lipinski definition) is 6. The van der Waals surface area contributed by atoms with E-state index >= 15 is 0 Å². The second kappa shape index (κ2) is 7.45. The predicted molar refractivity (Wildman–Crippen MR) is 101 cm³/mol. The minimum atomic E-state index is -3.10. The lowest BCUT2D eigenvalue weighted by molar-refractivity contribution is -0.129. The van der Waals surface area contributed by atoms with E-state index in [0.29, 0.717) is 16.9 Å². The Morgan fingerprint density at radius 3 is 2.69 bits per heavy atom. The number of nitrogens with one attached hydrogen (secondary N) is 1. The van der Waals surface area contributed by atoms with E-state index in [0.717, 1.165) is 11.8 Å². The Kier molecular flexibility index (Phi) is 5.44. The highest BCUT2D eigenvalue weighted by atomic mass is 32.2. The van der Waals surface area contributed by atoms with Gasteiger partial charge in [0.2, 0.25) is 5.91 Å². The second-order valence-electron chi connectivity index (χ2n) is 5.99. The molecule has 2 saturated heterocycles. The van der Waals surface area contributed by atoms with E-state index in [9.17, 15) is 22.4 Å². The number of thiocarbonyl (C=S) groups is 1. The van der Waals surface area contributed by atoms with Gasteiger partial charge in [-0.2, -0.15) is 0 Å². The Morgan fingerprint density at radius 1 is 1.38 bits per heavy atom. The average Bonchev–Trinajstić information content (AvgIpc) is 3.03. The molecular weight excluding hydrogens is 399 g/mol. The minimum absolute atomic E-state index is 0.0550. The molecule has 0 aliphatic carbocycles. The lowest BCUT2D eigenvalue weighted by Crippen LogP contribution is -2.43. The third-order valence-electron chi connectivity index (χ3n) is 3.94. The van der Waals surface area contributed by atoms with Crippen molar-refractivity contribution < 1.29 is 22.4 Å². The number of benzene rings is 1. The van der Waals surface area contributed by atoms with Gasteiger partial charge in [0.1, 0.15) is 16.7 Å². The molecule has 0 radical (unpaired) electrons. The van der Waals surface area contributed by atoms with Crippen molar-refractivity contribution in [1.82, 2.24) is 10.2 Å². The van der Waals surface area contributed by atoms with Crippen LogP contribution in [0.15, 0.2) is 29.2 Å². The fraction of sp³-hybridized carbons (Fsp3) is 0.312. The lowest BCUT2D eigenvalue weighted by Gasteiger charge is -2.16. The molecule has 6 nitrogen and oxygen atoms in total. The van der Waals surface area contributed by atoms with E-state index in [1.165, 1.54) is 29.2 Å². The molecule has 0 saturated carbocycles. The SMILES string of the molecule is O=C(CN1C(=O)/C(=C/c2ccc(F)cc2)SC1=S)N[C@@H]1CCS(=O)(=O)C1. The number of sulfone groups is 1. The number of halogens is 1. The van der Waals surface area contributed by atoms with Crippen LogP contribution >= 0.6 is 24.0 Å². The smallest absolute Gasteiger partial charge is 0.266 e. The summed E-state index contributed by atoms with van der Waals surface area (Å²) in [5.74, 6) is -1.26. The molecule has 1 aromatic rings. The third kappa shape index (κ3) is 4.49. The number of nitrogens with zero attached hydrogens (tertiary/aromatic N) is 1. The molecule has 0 spiro atoms. The van der Waals surface area contributed by atoms with Crippen LogP contribution in [0.3, 0.4) is 0 Å². The van der Waals surface area contributed by atoms with Crippen molar-refractivity contribution in [2.75, 3.05) is 18.1 Å². The van der Waals surface area contributed by atoms with Crippen molar-refractivity contribution >= 4 is 56.0 Å². The topological polar surface area (TPSA) is 83.6 Å². The quantitative estimate of drug-likeness (QED) is 0.591. The zero-order valence-electron chi connectivity index (χ0n) is 13.5. The number of thioether (sulfide) groups is 1. The van der Waals surface area contributed by atoms with Crippen molar-refractivity contribution in [2.45, 2.75) is 12.5 Å². The van der Waals surface area contributed by atoms with Crippen molar-refractivity contribution in [3.05, 3.63) is 40.6 Å². The molecule has 0 unspecified atom stereocenters. The molecule has 2 amide bonds. The van der Waals surface area contributed by atoms with Crippen molar-refractivity contribution in [1.29, 1.82) is 0 Å². The predicted octanol–water partition coefficient (Wildman–Crippen LogP) is 1.33. The van der Waals surface area contributed by atoms with Crippen LogP contribution in [0.25, 0.3) is 6.08 Å². The maximum atomic E-state index is 13.0. The van der Waals surface area contributed by atoms with Gasteiger partial charge in [-0.05, 0) is 30.2 Å². The molecule has 10 heteroatoms. The molecule has 138 valence electrons. The summed E-state index contributed by atoms with van der Waals surface area (Å²) < 4.78 is 36.1. The number of hydrogen-bond donors (Lipinski definition) is 1.